The summed E-state index contributed by atoms with van der Waals surface area (Å²) in [5.41, 5.74) is -0.396. The van der Waals surface area contributed by atoms with E-state index in [-0.39, 0.29) is 23.6 Å². The molecule has 2 saturated heterocycles. The van der Waals surface area contributed by atoms with E-state index in [9.17, 15) is 9.59 Å². The third-order valence-electron chi connectivity index (χ3n) is 6.05. The number of hydrogen-bond donors (Lipinski definition) is 1. The van der Waals surface area contributed by atoms with Crippen LogP contribution < -0.4 is 10.2 Å². The SMILES string of the molecule is CC1CN(c2cc(Cl)nc(SCC(=O)NCCN3CCCCC3)n2)CCN1C(=O)C(C)(C)C. The van der Waals surface area contributed by atoms with E-state index in [0.29, 0.717) is 36.5 Å². The Morgan fingerprint density at radius 3 is 2.55 bits per heavy atom. The van der Waals surface area contributed by atoms with Crippen LogP contribution in [-0.4, -0.2) is 89.2 Å². The van der Waals surface area contributed by atoms with Crippen LogP contribution in [0.15, 0.2) is 11.2 Å². The zero-order valence-corrected chi connectivity index (χ0v) is 21.8. The smallest absolute Gasteiger partial charge is 0.230 e. The van der Waals surface area contributed by atoms with E-state index < -0.39 is 5.41 Å². The Labute approximate surface area is 206 Å². The molecule has 184 valence electrons. The van der Waals surface area contributed by atoms with Crippen molar-refractivity contribution in [1.82, 2.24) is 25.1 Å². The van der Waals surface area contributed by atoms with E-state index in [4.69, 9.17) is 11.6 Å². The maximum absolute atomic E-state index is 12.7. The first-order valence-corrected chi connectivity index (χ1v) is 13.2. The molecular weight excluding hydrogens is 460 g/mol. The van der Waals surface area contributed by atoms with Crippen LogP contribution in [0.25, 0.3) is 0 Å². The highest BCUT2D eigenvalue weighted by atomic mass is 35.5. The molecule has 1 unspecified atom stereocenters. The van der Waals surface area contributed by atoms with Crippen molar-refractivity contribution >= 4 is 41.0 Å². The summed E-state index contributed by atoms with van der Waals surface area (Å²) in [6.07, 6.45) is 3.81. The standard InChI is InChI=1S/C23H37ClN6O2S/c1-17-15-29(12-13-30(17)21(32)23(2,3)4)19-14-18(24)26-22(27-19)33-16-20(31)25-8-11-28-9-6-5-7-10-28/h14,17H,5-13,15-16H2,1-4H3,(H,25,31). The summed E-state index contributed by atoms with van der Waals surface area (Å²) in [7, 11) is 0. The summed E-state index contributed by atoms with van der Waals surface area (Å²) in [6.45, 7) is 13.7. The zero-order valence-electron chi connectivity index (χ0n) is 20.3. The lowest BCUT2D eigenvalue weighted by atomic mass is 9.93. The minimum atomic E-state index is -0.396. The molecule has 0 radical (unpaired) electrons. The van der Waals surface area contributed by atoms with Crippen LogP contribution in [-0.2, 0) is 9.59 Å². The molecule has 1 aromatic rings. The van der Waals surface area contributed by atoms with E-state index in [2.05, 4.69) is 32.0 Å². The third kappa shape index (κ3) is 7.72. The van der Waals surface area contributed by atoms with Crippen molar-refractivity contribution in [3.63, 3.8) is 0 Å². The molecule has 2 aliphatic rings. The normalized spacial score (nSPS) is 20.1. The van der Waals surface area contributed by atoms with Gasteiger partial charge in [0.25, 0.3) is 0 Å². The second-order valence-corrected chi connectivity index (χ2v) is 11.2. The zero-order chi connectivity index (χ0) is 24.0. The summed E-state index contributed by atoms with van der Waals surface area (Å²) in [6, 6.07) is 1.82. The predicted molar refractivity (Wildman–Crippen MR) is 134 cm³/mol. The molecule has 0 saturated carbocycles. The Balaban J connectivity index is 1.50. The van der Waals surface area contributed by atoms with Gasteiger partial charge < -0.3 is 20.0 Å². The predicted octanol–water partition coefficient (Wildman–Crippen LogP) is 2.91. The number of likely N-dealkylation sites (tertiary alicyclic amines) is 1. The number of carbonyl (C=O) groups excluding carboxylic acids is 2. The third-order valence-corrected chi connectivity index (χ3v) is 7.09. The van der Waals surface area contributed by atoms with Gasteiger partial charge in [-0.2, -0.15) is 0 Å². The van der Waals surface area contributed by atoms with Crippen LogP contribution in [0, 0.1) is 5.41 Å². The van der Waals surface area contributed by atoms with Gasteiger partial charge in [0.05, 0.1) is 5.75 Å². The fourth-order valence-electron chi connectivity index (χ4n) is 4.23. The molecule has 3 heterocycles. The number of amides is 2. The highest BCUT2D eigenvalue weighted by Gasteiger charge is 2.34. The molecule has 0 spiro atoms. The van der Waals surface area contributed by atoms with Crippen LogP contribution in [0.3, 0.4) is 0 Å². The lowest BCUT2D eigenvalue weighted by Gasteiger charge is -2.42. The van der Waals surface area contributed by atoms with E-state index in [1.165, 1.54) is 31.0 Å². The lowest BCUT2D eigenvalue weighted by molar-refractivity contribution is -0.142. The molecule has 3 rings (SSSR count). The molecule has 10 heteroatoms. The Morgan fingerprint density at radius 2 is 1.88 bits per heavy atom. The number of anilines is 1. The monoisotopic (exact) mass is 496 g/mol. The summed E-state index contributed by atoms with van der Waals surface area (Å²) in [4.78, 5) is 40.4. The van der Waals surface area contributed by atoms with Crippen LogP contribution in [0.4, 0.5) is 5.82 Å². The average molecular weight is 497 g/mol. The number of piperidine rings is 1. The lowest BCUT2D eigenvalue weighted by Crippen LogP contribution is -2.56. The molecule has 33 heavy (non-hydrogen) atoms. The number of thioether (sulfide) groups is 1. The van der Waals surface area contributed by atoms with Crippen LogP contribution >= 0.6 is 23.4 Å². The van der Waals surface area contributed by atoms with Gasteiger partial charge in [-0.05, 0) is 32.9 Å². The number of nitrogens with zero attached hydrogens (tertiary/aromatic N) is 5. The van der Waals surface area contributed by atoms with Crippen molar-refractivity contribution in [3.05, 3.63) is 11.2 Å². The summed E-state index contributed by atoms with van der Waals surface area (Å²) >= 11 is 7.56. The minimum absolute atomic E-state index is 0.0231. The molecule has 2 amide bonds. The van der Waals surface area contributed by atoms with Crippen LogP contribution in [0.5, 0.6) is 0 Å². The number of aromatic nitrogens is 2. The molecule has 0 bridgehead atoms. The van der Waals surface area contributed by atoms with Gasteiger partial charge in [-0.1, -0.05) is 50.6 Å². The Morgan fingerprint density at radius 1 is 1.15 bits per heavy atom. The maximum Gasteiger partial charge on any atom is 0.230 e. The highest BCUT2D eigenvalue weighted by molar-refractivity contribution is 7.99. The van der Waals surface area contributed by atoms with E-state index in [0.717, 1.165) is 25.5 Å². The van der Waals surface area contributed by atoms with E-state index in [1.54, 1.807) is 6.07 Å². The number of hydrogen-bond acceptors (Lipinski definition) is 7. The first-order chi connectivity index (χ1) is 15.6. The van der Waals surface area contributed by atoms with E-state index >= 15 is 0 Å². The fraction of sp³-hybridized carbons (Fsp3) is 0.739. The number of piperazine rings is 1. The number of rotatable bonds is 7. The molecule has 0 aromatic carbocycles. The number of halogens is 1. The molecule has 2 aliphatic heterocycles. The van der Waals surface area contributed by atoms with Gasteiger partial charge in [-0.25, -0.2) is 9.97 Å². The van der Waals surface area contributed by atoms with Crippen molar-refractivity contribution in [2.75, 3.05) is 56.5 Å². The van der Waals surface area contributed by atoms with Gasteiger partial charge in [-0.3, -0.25) is 9.59 Å². The summed E-state index contributed by atoms with van der Waals surface area (Å²) in [5.74, 6) is 1.13. The molecular formula is C23H37ClN6O2S. The van der Waals surface area contributed by atoms with Crippen molar-refractivity contribution < 1.29 is 9.59 Å². The van der Waals surface area contributed by atoms with Crippen molar-refractivity contribution in [2.45, 2.75) is 58.2 Å². The second kappa shape index (κ2) is 11.7. The molecule has 1 N–H and O–H groups in total. The highest BCUT2D eigenvalue weighted by Crippen LogP contribution is 2.26. The Bertz CT molecular complexity index is 828. The number of nitrogens with one attached hydrogen (secondary N) is 1. The first-order valence-electron chi connectivity index (χ1n) is 11.9. The van der Waals surface area contributed by atoms with Gasteiger partial charge in [0.15, 0.2) is 5.16 Å². The molecule has 1 atom stereocenters. The largest absolute Gasteiger partial charge is 0.354 e. The van der Waals surface area contributed by atoms with Gasteiger partial charge in [0.1, 0.15) is 11.0 Å². The van der Waals surface area contributed by atoms with Crippen LogP contribution in [0.1, 0.15) is 47.0 Å². The van der Waals surface area contributed by atoms with Crippen molar-refractivity contribution in [3.8, 4) is 0 Å². The van der Waals surface area contributed by atoms with Crippen molar-refractivity contribution in [1.29, 1.82) is 0 Å². The van der Waals surface area contributed by atoms with Crippen LogP contribution in [0.2, 0.25) is 5.15 Å². The summed E-state index contributed by atoms with van der Waals surface area (Å²) in [5, 5.41) is 3.83. The molecule has 1 aromatic heterocycles. The minimum Gasteiger partial charge on any atom is -0.354 e. The van der Waals surface area contributed by atoms with Gasteiger partial charge >= 0.3 is 0 Å². The summed E-state index contributed by atoms with van der Waals surface area (Å²) < 4.78 is 0. The fourth-order valence-corrected chi connectivity index (χ4v) is 5.14. The van der Waals surface area contributed by atoms with Gasteiger partial charge in [0.2, 0.25) is 11.8 Å². The molecule has 8 nitrogen and oxygen atoms in total. The second-order valence-electron chi connectivity index (χ2n) is 9.92. The molecule has 0 aliphatic carbocycles. The quantitative estimate of drug-likeness (QED) is 0.353. The van der Waals surface area contributed by atoms with Crippen molar-refractivity contribution in [2.24, 2.45) is 5.41 Å². The maximum atomic E-state index is 12.7. The van der Waals surface area contributed by atoms with E-state index in [1.807, 2.05) is 25.7 Å². The molecule has 2 fully saturated rings. The Hall–Kier alpha value is -1.58. The Kier molecular flexibility index (Phi) is 9.24. The average Bonchev–Trinajstić information content (AvgIpc) is 2.77. The number of carbonyl (C=O) groups is 2. The van der Waals surface area contributed by atoms with Gasteiger partial charge in [-0.15, -0.1) is 0 Å². The van der Waals surface area contributed by atoms with Gasteiger partial charge in [0, 0.05) is 50.2 Å². The first kappa shape index (κ1) is 26.0. The topological polar surface area (TPSA) is 81.7 Å².